The predicted molar refractivity (Wildman–Crippen MR) is 126 cm³/mol. The van der Waals surface area contributed by atoms with Crippen molar-refractivity contribution in [3.8, 4) is 0 Å². The summed E-state index contributed by atoms with van der Waals surface area (Å²) < 4.78 is 13.6. The highest BCUT2D eigenvalue weighted by molar-refractivity contribution is 5.67. The van der Waals surface area contributed by atoms with E-state index >= 15 is 0 Å². The summed E-state index contributed by atoms with van der Waals surface area (Å²) in [4.78, 5) is 2.48. The number of rotatable bonds is 5. The monoisotopic (exact) mass is 408 g/mol. The van der Waals surface area contributed by atoms with Gasteiger partial charge < -0.3 is 10.2 Å². The quantitative estimate of drug-likeness (QED) is 0.562. The second kappa shape index (κ2) is 8.61. The summed E-state index contributed by atoms with van der Waals surface area (Å²) in [5, 5.41) is 3.81. The first kappa shape index (κ1) is 21.2. The summed E-state index contributed by atoms with van der Waals surface area (Å²) >= 11 is 0. The van der Waals surface area contributed by atoms with Gasteiger partial charge in [-0.05, 0) is 90.5 Å². The molecule has 1 heterocycles. The second-order valence-electron chi connectivity index (χ2n) is 10.5. The third-order valence-electron chi connectivity index (χ3n) is 6.87. The van der Waals surface area contributed by atoms with Crippen LogP contribution < -0.4 is 10.2 Å². The molecule has 162 valence electrons. The van der Waals surface area contributed by atoms with Gasteiger partial charge in [0.1, 0.15) is 5.82 Å². The lowest BCUT2D eigenvalue weighted by Crippen LogP contribution is -2.30. The Kier molecular flexibility index (Phi) is 6.09. The molecule has 0 amide bonds. The van der Waals surface area contributed by atoms with Gasteiger partial charge in [0, 0.05) is 31.0 Å². The predicted octanol–water partition coefficient (Wildman–Crippen LogP) is 7.20. The molecule has 4 rings (SSSR count). The van der Waals surface area contributed by atoms with Gasteiger partial charge in [-0.25, -0.2) is 4.39 Å². The van der Waals surface area contributed by atoms with Crippen molar-refractivity contribution in [1.29, 1.82) is 0 Å². The smallest absolute Gasteiger partial charge is 0.123 e. The minimum absolute atomic E-state index is 0.118. The third kappa shape index (κ3) is 4.82. The number of hydrogen-bond donors (Lipinski definition) is 1. The minimum Gasteiger partial charge on any atom is -0.385 e. The van der Waals surface area contributed by atoms with Crippen LogP contribution in [0.15, 0.2) is 30.3 Å². The van der Waals surface area contributed by atoms with E-state index in [0.29, 0.717) is 11.3 Å². The molecule has 3 heteroatoms. The molecular formula is C27H37FN2. The molecule has 2 nitrogen and oxygen atoms in total. The fourth-order valence-corrected chi connectivity index (χ4v) is 5.08. The summed E-state index contributed by atoms with van der Waals surface area (Å²) in [5.74, 6) is 0.555. The number of halogens is 1. The highest BCUT2D eigenvalue weighted by Crippen LogP contribution is 2.42. The van der Waals surface area contributed by atoms with Crippen molar-refractivity contribution in [1.82, 2.24) is 0 Å². The van der Waals surface area contributed by atoms with E-state index in [0.717, 1.165) is 32.5 Å². The Morgan fingerprint density at radius 1 is 1.07 bits per heavy atom. The van der Waals surface area contributed by atoms with E-state index in [1.807, 2.05) is 6.07 Å². The number of aryl methyl sites for hydroxylation is 1. The van der Waals surface area contributed by atoms with Gasteiger partial charge in [0.2, 0.25) is 0 Å². The van der Waals surface area contributed by atoms with Crippen molar-refractivity contribution in [3.05, 3.63) is 58.4 Å². The first-order valence-electron chi connectivity index (χ1n) is 11.7. The van der Waals surface area contributed by atoms with Gasteiger partial charge in [0.25, 0.3) is 0 Å². The van der Waals surface area contributed by atoms with Gasteiger partial charge in [-0.3, -0.25) is 0 Å². The Labute approximate surface area is 181 Å². The molecule has 1 N–H and O–H groups in total. The van der Waals surface area contributed by atoms with E-state index in [9.17, 15) is 4.39 Å². The average molecular weight is 409 g/mol. The molecule has 1 fully saturated rings. The lowest BCUT2D eigenvalue weighted by Gasteiger charge is -2.32. The van der Waals surface area contributed by atoms with E-state index in [-0.39, 0.29) is 5.82 Å². The number of fused-ring (bicyclic) bond motifs is 1. The van der Waals surface area contributed by atoms with Crippen molar-refractivity contribution in [3.63, 3.8) is 0 Å². The Bertz CT molecular complexity index is 890. The Morgan fingerprint density at radius 2 is 1.83 bits per heavy atom. The molecule has 0 aromatic heterocycles. The SMILES string of the molecule is Cc1cc(N2CCc3cc(F)ccc3C2)cc(C2CCCC2)c1NCCC(C)(C)C. The maximum atomic E-state index is 13.6. The van der Waals surface area contributed by atoms with E-state index in [2.05, 4.69) is 50.0 Å². The fraction of sp³-hybridized carbons (Fsp3) is 0.556. The summed E-state index contributed by atoms with van der Waals surface area (Å²) in [6.45, 7) is 12.0. The van der Waals surface area contributed by atoms with Crippen LogP contribution in [0, 0.1) is 18.2 Å². The van der Waals surface area contributed by atoms with Crippen molar-refractivity contribution in [2.45, 2.75) is 78.7 Å². The van der Waals surface area contributed by atoms with Gasteiger partial charge >= 0.3 is 0 Å². The van der Waals surface area contributed by atoms with Crippen molar-refractivity contribution in [2.24, 2.45) is 5.41 Å². The molecule has 0 radical (unpaired) electrons. The van der Waals surface area contributed by atoms with Crippen LogP contribution in [0.5, 0.6) is 0 Å². The molecule has 0 atom stereocenters. The molecule has 30 heavy (non-hydrogen) atoms. The van der Waals surface area contributed by atoms with Gasteiger partial charge in [-0.1, -0.05) is 39.7 Å². The van der Waals surface area contributed by atoms with Gasteiger partial charge in [0.15, 0.2) is 0 Å². The normalized spacial score (nSPS) is 17.3. The van der Waals surface area contributed by atoms with Crippen molar-refractivity contribution < 1.29 is 4.39 Å². The van der Waals surface area contributed by atoms with Gasteiger partial charge in [-0.15, -0.1) is 0 Å². The van der Waals surface area contributed by atoms with Gasteiger partial charge in [0.05, 0.1) is 0 Å². The molecule has 1 aliphatic heterocycles. The Morgan fingerprint density at radius 3 is 2.57 bits per heavy atom. The maximum absolute atomic E-state index is 13.6. The summed E-state index contributed by atoms with van der Waals surface area (Å²) in [6.07, 6.45) is 7.38. The zero-order chi connectivity index (χ0) is 21.3. The largest absolute Gasteiger partial charge is 0.385 e. The Balaban J connectivity index is 1.60. The maximum Gasteiger partial charge on any atom is 0.123 e. The topological polar surface area (TPSA) is 15.3 Å². The van der Waals surface area contributed by atoms with Crippen LogP contribution in [0.3, 0.4) is 0 Å². The summed E-state index contributed by atoms with van der Waals surface area (Å²) in [6, 6.07) is 10.1. The van der Waals surface area contributed by atoms with Crippen molar-refractivity contribution in [2.75, 3.05) is 23.3 Å². The number of benzene rings is 2. The van der Waals surface area contributed by atoms with Crippen LogP contribution in [-0.4, -0.2) is 13.1 Å². The van der Waals surface area contributed by atoms with Crippen LogP contribution in [0.2, 0.25) is 0 Å². The molecule has 2 aliphatic rings. The molecule has 0 bridgehead atoms. The molecule has 2 aromatic rings. The van der Waals surface area contributed by atoms with Crippen LogP contribution in [0.1, 0.15) is 81.0 Å². The first-order valence-corrected chi connectivity index (χ1v) is 11.7. The minimum atomic E-state index is -0.118. The van der Waals surface area contributed by atoms with E-state index in [1.165, 1.54) is 59.3 Å². The van der Waals surface area contributed by atoms with Crippen LogP contribution >= 0.6 is 0 Å². The first-order chi connectivity index (χ1) is 14.3. The summed E-state index contributed by atoms with van der Waals surface area (Å²) in [7, 11) is 0. The molecule has 0 spiro atoms. The van der Waals surface area contributed by atoms with E-state index in [1.54, 1.807) is 12.1 Å². The number of anilines is 2. The third-order valence-corrected chi connectivity index (χ3v) is 6.87. The molecular weight excluding hydrogens is 371 g/mol. The fourth-order valence-electron chi connectivity index (χ4n) is 5.08. The second-order valence-corrected chi connectivity index (χ2v) is 10.5. The number of nitrogens with zero attached hydrogens (tertiary/aromatic N) is 1. The highest BCUT2D eigenvalue weighted by Gasteiger charge is 2.24. The van der Waals surface area contributed by atoms with Crippen LogP contribution in [0.4, 0.5) is 15.8 Å². The van der Waals surface area contributed by atoms with Crippen molar-refractivity contribution >= 4 is 11.4 Å². The number of nitrogens with one attached hydrogen (secondary N) is 1. The molecule has 1 aliphatic carbocycles. The molecule has 0 saturated heterocycles. The average Bonchev–Trinajstić information content (AvgIpc) is 3.22. The molecule has 2 aromatic carbocycles. The lowest BCUT2D eigenvalue weighted by molar-refractivity contribution is 0.389. The summed E-state index contributed by atoms with van der Waals surface area (Å²) in [5.41, 5.74) is 8.33. The molecule has 1 saturated carbocycles. The van der Waals surface area contributed by atoms with Crippen LogP contribution in [0.25, 0.3) is 0 Å². The highest BCUT2D eigenvalue weighted by atomic mass is 19.1. The zero-order valence-electron chi connectivity index (χ0n) is 19.2. The standard InChI is InChI=1S/C27H37FN2/c1-19-15-24(30-14-11-21-16-23(28)10-9-22(21)18-30)17-25(20-7-5-6-8-20)26(19)29-13-12-27(2,3)4/h9-10,15-17,20,29H,5-8,11-14,18H2,1-4H3. The zero-order valence-corrected chi connectivity index (χ0v) is 19.2. The van der Waals surface area contributed by atoms with E-state index in [4.69, 9.17) is 0 Å². The van der Waals surface area contributed by atoms with Gasteiger partial charge in [-0.2, -0.15) is 0 Å². The molecule has 0 unspecified atom stereocenters. The Hall–Kier alpha value is -2.03. The number of hydrogen-bond acceptors (Lipinski definition) is 2. The van der Waals surface area contributed by atoms with E-state index < -0.39 is 0 Å². The lowest BCUT2D eigenvalue weighted by atomic mass is 9.90. The van der Waals surface area contributed by atoms with Crippen LogP contribution in [-0.2, 0) is 13.0 Å².